The summed E-state index contributed by atoms with van der Waals surface area (Å²) in [5.74, 6) is -0.728. The molecule has 3 N–H and O–H groups in total. The van der Waals surface area contributed by atoms with Crippen LogP contribution >= 0.6 is 0 Å². The summed E-state index contributed by atoms with van der Waals surface area (Å²) in [6.07, 6.45) is 2.26. The van der Waals surface area contributed by atoms with E-state index in [9.17, 15) is 15.0 Å². The molecule has 98 valence electrons. The van der Waals surface area contributed by atoms with Gasteiger partial charge in [0.05, 0.1) is 0 Å². The Hall–Kier alpha value is -1.75. The molecule has 1 unspecified atom stereocenters. The quantitative estimate of drug-likeness (QED) is 0.698. The minimum atomic E-state index is -0.277. The monoisotopic (exact) mass is 250 g/mol. The number of aromatic hydroxyl groups is 2. The van der Waals surface area contributed by atoms with Crippen LogP contribution in [0, 0.1) is 0 Å². The molecule has 1 fully saturated rings. The summed E-state index contributed by atoms with van der Waals surface area (Å²) in [5.41, 5.74) is 0.353. The summed E-state index contributed by atoms with van der Waals surface area (Å²) in [7, 11) is 2.05. The summed E-state index contributed by atoms with van der Waals surface area (Å²) in [6.45, 7) is 1.68. The van der Waals surface area contributed by atoms with Crippen LogP contribution in [0.2, 0.25) is 0 Å². The molecular formula is C13H18N2O3. The highest BCUT2D eigenvalue weighted by molar-refractivity contribution is 5.94. The molecule has 2 rings (SSSR count). The first-order valence-electron chi connectivity index (χ1n) is 6.08. The highest BCUT2D eigenvalue weighted by atomic mass is 16.3. The van der Waals surface area contributed by atoms with Gasteiger partial charge >= 0.3 is 0 Å². The van der Waals surface area contributed by atoms with Crippen LogP contribution in [-0.2, 0) is 0 Å². The summed E-state index contributed by atoms with van der Waals surface area (Å²) >= 11 is 0. The fraction of sp³-hybridized carbons (Fsp3) is 0.462. The van der Waals surface area contributed by atoms with Gasteiger partial charge in [-0.05, 0) is 44.6 Å². The lowest BCUT2D eigenvalue weighted by Crippen LogP contribution is -2.38. The van der Waals surface area contributed by atoms with Crippen molar-refractivity contribution in [3.05, 3.63) is 23.8 Å². The average molecular weight is 250 g/mol. The Bertz CT molecular complexity index is 448. The average Bonchev–Trinajstić information content (AvgIpc) is 2.75. The first-order chi connectivity index (χ1) is 8.58. The van der Waals surface area contributed by atoms with Crippen LogP contribution in [0.25, 0.3) is 0 Å². The molecular weight excluding hydrogens is 232 g/mol. The molecule has 0 bridgehead atoms. The Balaban J connectivity index is 1.93. The van der Waals surface area contributed by atoms with E-state index in [0.717, 1.165) is 19.4 Å². The van der Waals surface area contributed by atoms with Crippen molar-refractivity contribution in [2.45, 2.75) is 18.9 Å². The van der Waals surface area contributed by atoms with E-state index >= 15 is 0 Å². The molecule has 0 spiro atoms. The van der Waals surface area contributed by atoms with Gasteiger partial charge in [0.15, 0.2) is 11.5 Å². The van der Waals surface area contributed by atoms with Crippen LogP contribution < -0.4 is 5.32 Å². The fourth-order valence-corrected chi connectivity index (χ4v) is 2.21. The minimum Gasteiger partial charge on any atom is -0.504 e. The molecule has 1 heterocycles. The van der Waals surface area contributed by atoms with Crippen molar-refractivity contribution >= 4 is 5.91 Å². The van der Waals surface area contributed by atoms with Crippen LogP contribution in [0.15, 0.2) is 18.2 Å². The highest BCUT2D eigenvalue weighted by Crippen LogP contribution is 2.24. The minimum absolute atomic E-state index is 0.220. The Morgan fingerprint density at radius 3 is 2.83 bits per heavy atom. The van der Waals surface area contributed by atoms with Crippen molar-refractivity contribution in [3.8, 4) is 11.5 Å². The number of amides is 1. The van der Waals surface area contributed by atoms with Crippen LogP contribution in [0.5, 0.6) is 11.5 Å². The number of carbonyl (C=O) groups excluding carboxylic acids is 1. The van der Waals surface area contributed by atoms with Crippen LogP contribution in [0.3, 0.4) is 0 Å². The van der Waals surface area contributed by atoms with Gasteiger partial charge in [-0.3, -0.25) is 4.79 Å². The van der Waals surface area contributed by atoms with E-state index in [1.807, 2.05) is 0 Å². The molecule has 1 aromatic carbocycles. The van der Waals surface area contributed by atoms with Gasteiger partial charge in [-0.25, -0.2) is 0 Å². The molecule has 1 aromatic rings. The van der Waals surface area contributed by atoms with E-state index in [1.165, 1.54) is 18.2 Å². The smallest absolute Gasteiger partial charge is 0.251 e. The van der Waals surface area contributed by atoms with Gasteiger partial charge in [-0.15, -0.1) is 0 Å². The Labute approximate surface area is 106 Å². The summed E-state index contributed by atoms with van der Waals surface area (Å²) in [6, 6.07) is 4.46. The third-order valence-electron chi connectivity index (χ3n) is 3.41. The van der Waals surface area contributed by atoms with E-state index in [-0.39, 0.29) is 17.4 Å². The lowest BCUT2D eigenvalue weighted by molar-refractivity contribution is 0.0943. The zero-order valence-corrected chi connectivity index (χ0v) is 10.4. The predicted octanol–water partition coefficient (Wildman–Crippen LogP) is 0.922. The number of benzene rings is 1. The van der Waals surface area contributed by atoms with Gasteiger partial charge in [0.2, 0.25) is 0 Å². The maximum Gasteiger partial charge on any atom is 0.251 e. The molecule has 1 aliphatic heterocycles. The lowest BCUT2D eigenvalue weighted by atomic mass is 10.1. The number of hydrogen-bond acceptors (Lipinski definition) is 4. The third kappa shape index (κ3) is 2.73. The SMILES string of the molecule is CN1CCCC1CNC(=O)c1ccc(O)c(O)c1. The summed E-state index contributed by atoms with van der Waals surface area (Å²) < 4.78 is 0. The lowest BCUT2D eigenvalue weighted by Gasteiger charge is -2.19. The molecule has 1 aliphatic rings. The predicted molar refractivity (Wildman–Crippen MR) is 67.8 cm³/mol. The van der Waals surface area contributed by atoms with Crippen molar-refractivity contribution < 1.29 is 15.0 Å². The normalized spacial score (nSPS) is 19.9. The zero-order chi connectivity index (χ0) is 13.1. The van der Waals surface area contributed by atoms with Crippen LogP contribution in [0.1, 0.15) is 23.2 Å². The highest BCUT2D eigenvalue weighted by Gasteiger charge is 2.21. The molecule has 1 amide bonds. The van der Waals surface area contributed by atoms with Crippen molar-refractivity contribution in [1.82, 2.24) is 10.2 Å². The van der Waals surface area contributed by atoms with Crippen LogP contribution in [-0.4, -0.2) is 47.2 Å². The summed E-state index contributed by atoms with van der Waals surface area (Å²) in [4.78, 5) is 14.1. The van der Waals surface area contributed by atoms with E-state index < -0.39 is 0 Å². The Morgan fingerprint density at radius 2 is 2.22 bits per heavy atom. The zero-order valence-electron chi connectivity index (χ0n) is 10.4. The van der Waals surface area contributed by atoms with Crippen molar-refractivity contribution in [3.63, 3.8) is 0 Å². The standard InChI is InChI=1S/C13H18N2O3/c1-15-6-2-3-10(15)8-14-13(18)9-4-5-11(16)12(17)7-9/h4-5,7,10,16-17H,2-3,6,8H2,1H3,(H,14,18). The summed E-state index contributed by atoms with van der Waals surface area (Å²) in [5, 5.41) is 21.4. The second-order valence-corrected chi connectivity index (χ2v) is 4.69. The maximum absolute atomic E-state index is 11.8. The topological polar surface area (TPSA) is 72.8 Å². The van der Waals surface area contributed by atoms with Crippen LogP contribution in [0.4, 0.5) is 0 Å². The van der Waals surface area contributed by atoms with E-state index in [2.05, 4.69) is 17.3 Å². The molecule has 1 saturated heterocycles. The number of nitrogens with one attached hydrogen (secondary N) is 1. The second kappa shape index (κ2) is 5.27. The second-order valence-electron chi connectivity index (χ2n) is 4.69. The number of phenolic OH excluding ortho intramolecular Hbond substituents is 2. The first kappa shape index (κ1) is 12.7. The van der Waals surface area contributed by atoms with E-state index in [0.29, 0.717) is 18.2 Å². The molecule has 18 heavy (non-hydrogen) atoms. The van der Waals surface area contributed by atoms with Crippen molar-refractivity contribution in [1.29, 1.82) is 0 Å². The van der Waals surface area contributed by atoms with E-state index in [1.54, 1.807) is 0 Å². The van der Waals surface area contributed by atoms with E-state index in [4.69, 9.17) is 0 Å². The first-order valence-corrected chi connectivity index (χ1v) is 6.08. The number of phenols is 2. The third-order valence-corrected chi connectivity index (χ3v) is 3.41. The molecule has 0 aromatic heterocycles. The molecule has 1 atom stereocenters. The van der Waals surface area contributed by atoms with Gasteiger partial charge in [0.25, 0.3) is 5.91 Å². The number of likely N-dealkylation sites (N-methyl/N-ethyl adjacent to an activating group) is 1. The van der Waals surface area contributed by atoms with Gasteiger partial charge in [0, 0.05) is 18.2 Å². The number of hydrogen-bond donors (Lipinski definition) is 3. The fourth-order valence-electron chi connectivity index (χ4n) is 2.21. The van der Waals surface area contributed by atoms with Crippen molar-refractivity contribution in [2.24, 2.45) is 0 Å². The molecule has 5 heteroatoms. The molecule has 0 aliphatic carbocycles. The Morgan fingerprint density at radius 1 is 1.44 bits per heavy atom. The van der Waals surface area contributed by atoms with Gasteiger partial charge in [0.1, 0.15) is 0 Å². The number of nitrogens with zero attached hydrogens (tertiary/aromatic N) is 1. The maximum atomic E-state index is 11.8. The molecule has 5 nitrogen and oxygen atoms in total. The van der Waals surface area contributed by atoms with Gasteiger partial charge in [-0.2, -0.15) is 0 Å². The molecule has 0 saturated carbocycles. The number of likely N-dealkylation sites (tertiary alicyclic amines) is 1. The molecule has 0 radical (unpaired) electrons. The van der Waals surface area contributed by atoms with Gasteiger partial charge < -0.3 is 20.4 Å². The van der Waals surface area contributed by atoms with Crippen molar-refractivity contribution in [2.75, 3.05) is 20.1 Å². The largest absolute Gasteiger partial charge is 0.504 e. The number of rotatable bonds is 3. The Kier molecular flexibility index (Phi) is 3.72. The number of carbonyl (C=O) groups is 1. The van der Waals surface area contributed by atoms with Gasteiger partial charge in [-0.1, -0.05) is 0 Å².